The van der Waals surface area contributed by atoms with Gasteiger partial charge < -0.3 is 16.0 Å². The van der Waals surface area contributed by atoms with Gasteiger partial charge in [0.15, 0.2) is 0 Å². The van der Waals surface area contributed by atoms with Crippen LogP contribution < -0.4 is 11.1 Å². The maximum Gasteiger partial charge on any atom is 0.0495 e. The molecule has 0 bridgehead atoms. The highest BCUT2D eigenvalue weighted by Crippen LogP contribution is 2.22. The zero-order valence-electron chi connectivity index (χ0n) is 7.14. The predicted octanol–water partition coefficient (Wildman–Crippen LogP) is 1.41. The van der Waals surface area contributed by atoms with E-state index < -0.39 is 0 Å². The standard InChI is InChI=1S/C9H15N3/c10-7-5-9(12-6-7)8-3-1-2-4-11-8/h5-6,8,11-12H,1-4,10H2/t8-/m1/s1. The number of piperidine rings is 1. The fourth-order valence-corrected chi connectivity index (χ4v) is 1.75. The smallest absolute Gasteiger partial charge is 0.0495 e. The Morgan fingerprint density at radius 3 is 2.92 bits per heavy atom. The van der Waals surface area contributed by atoms with Crippen LogP contribution in [-0.2, 0) is 0 Å². The van der Waals surface area contributed by atoms with Crippen LogP contribution in [0.25, 0.3) is 0 Å². The number of rotatable bonds is 1. The van der Waals surface area contributed by atoms with E-state index in [1.54, 1.807) is 0 Å². The molecule has 3 heteroatoms. The number of anilines is 1. The molecule has 1 aromatic heterocycles. The first kappa shape index (κ1) is 7.68. The molecular formula is C9H15N3. The van der Waals surface area contributed by atoms with Crippen molar-refractivity contribution in [1.29, 1.82) is 0 Å². The van der Waals surface area contributed by atoms with E-state index in [1.807, 2.05) is 12.3 Å². The molecular weight excluding hydrogens is 150 g/mol. The summed E-state index contributed by atoms with van der Waals surface area (Å²) in [5.41, 5.74) is 7.69. The molecule has 66 valence electrons. The highest BCUT2D eigenvalue weighted by atomic mass is 14.9. The van der Waals surface area contributed by atoms with E-state index in [9.17, 15) is 0 Å². The summed E-state index contributed by atoms with van der Waals surface area (Å²) in [7, 11) is 0. The van der Waals surface area contributed by atoms with Crippen molar-refractivity contribution in [2.75, 3.05) is 12.3 Å². The van der Waals surface area contributed by atoms with Gasteiger partial charge in [-0.3, -0.25) is 0 Å². The van der Waals surface area contributed by atoms with Crippen molar-refractivity contribution in [1.82, 2.24) is 10.3 Å². The second-order valence-corrected chi connectivity index (χ2v) is 3.39. The molecule has 2 rings (SSSR count). The van der Waals surface area contributed by atoms with Crippen molar-refractivity contribution in [3.8, 4) is 0 Å². The molecule has 1 aromatic rings. The molecule has 0 aliphatic carbocycles. The number of hydrogen-bond acceptors (Lipinski definition) is 2. The molecule has 1 saturated heterocycles. The minimum Gasteiger partial charge on any atom is -0.397 e. The Balaban J connectivity index is 2.08. The van der Waals surface area contributed by atoms with Crippen LogP contribution in [0, 0.1) is 0 Å². The average Bonchev–Trinajstić information content (AvgIpc) is 2.54. The zero-order valence-corrected chi connectivity index (χ0v) is 7.14. The van der Waals surface area contributed by atoms with Crippen molar-refractivity contribution < 1.29 is 0 Å². The van der Waals surface area contributed by atoms with Crippen molar-refractivity contribution in [2.45, 2.75) is 25.3 Å². The molecule has 0 unspecified atom stereocenters. The number of aromatic nitrogens is 1. The highest BCUT2D eigenvalue weighted by molar-refractivity contribution is 5.38. The Labute approximate surface area is 72.3 Å². The molecule has 0 saturated carbocycles. The van der Waals surface area contributed by atoms with Gasteiger partial charge in [0.1, 0.15) is 0 Å². The van der Waals surface area contributed by atoms with Gasteiger partial charge in [-0.1, -0.05) is 6.42 Å². The van der Waals surface area contributed by atoms with Crippen LogP contribution in [0.4, 0.5) is 5.69 Å². The first-order valence-electron chi connectivity index (χ1n) is 4.53. The average molecular weight is 165 g/mol. The number of nitrogens with two attached hydrogens (primary N) is 1. The van der Waals surface area contributed by atoms with Gasteiger partial charge in [-0.25, -0.2) is 0 Å². The second kappa shape index (κ2) is 3.19. The maximum absolute atomic E-state index is 5.63. The predicted molar refractivity (Wildman–Crippen MR) is 49.8 cm³/mol. The molecule has 2 heterocycles. The van der Waals surface area contributed by atoms with Crippen molar-refractivity contribution in [3.05, 3.63) is 18.0 Å². The molecule has 1 aliphatic heterocycles. The fraction of sp³-hybridized carbons (Fsp3) is 0.556. The lowest BCUT2D eigenvalue weighted by atomic mass is 10.0. The fourth-order valence-electron chi connectivity index (χ4n) is 1.75. The molecule has 3 nitrogen and oxygen atoms in total. The number of aromatic amines is 1. The van der Waals surface area contributed by atoms with Gasteiger partial charge >= 0.3 is 0 Å². The maximum atomic E-state index is 5.63. The zero-order chi connectivity index (χ0) is 8.39. The minimum atomic E-state index is 0.496. The summed E-state index contributed by atoms with van der Waals surface area (Å²) >= 11 is 0. The van der Waals surface area contributed by atoms with Gasteiger partial charge in [0, 0.05) is 23.6 Å². The van der Waals surface area contributed by atoms with E-state index >= 15 is 0 Å². The van der Waals surface area contributed by atoms with Gasteiger partial charge in [-0.05, 0) is 25.5 Å². The molecule has 0 aromatic carbocycles. The van der Waals surface area contributed by atoms with Gasteiger partial charge in [0.05, 0.1) is 0 Å². The first-order valence-corrected chi connectivity index (χ1v) is 4.53. The Morgan fingerprint density at radius 1 is 1.42 bits per heavy atom. The van der Waals surface area contributed by atoms with Crippen LogP contribution in [0.15, 0.2) is 12.3 Å². The lowest BCUT2D eigenvalue weighted by molar-refractivity contribution is 0.406. The second-order valence-electron chi connectivity index (χ2n) is 3.39. The Bertz CT molecular complexity index is 248. The molecule has 12 heavy (non-hydrogen) atoms. The van der Waals surface area contributed by atoms with Crippen molar-refractivity contribution in [3.63, 3.8) is 0 Å². The van der Waals surface area contributed by atoms with Gasteiger partial charge in [-0.2, -0.15) is 0 Å². The van der Waals surface area contributed by atoms with Crippen LogP contribution in [0.5, 0.6) is 0 Å². The van der Waals surface area contributed by atoms with Crippen LogP contribution in [-0.4, -0.2) is 11.5 Å². The molecule has 0 amide bonds. The van der Waals surface area contributed by atoms with Crippen molar-refractivity contribution in [2.24, 2.45) is 0 Å². The third-order valence-corrected chi connectivity index (χ3v) is 2.41. The van der Waals surface area contributed by atoms with E-state index in [2.05, 4.69) is 10.3 Å². The Hall–Kier alpha value is -0.960. The van der Waals surface area contributed by atoms with E-state index in [1.165, 1.54) is 25.0 Å². The molecule has 0 radical (unpaired) electrons. The topological polar surface area (TPSA) is 53.8 Å². The van der Waals surface area contributed by atoms with E-state index in [4.69, 9.17) is 5.73 Å². The van der Waals surface area contributed by atoms with Gasteiger partial charge in [-0.15, -0.1) is 0 Å². The molecule has 1 fully saturated rings. The number of hydrogen-bond donors (Lipinski definition) is 3. The molecule has 1 aliphatic rings. The van der Waals surface area contributed by atoms with Crippen LogP contribution in [0.3, 0.4) is 0 Å². The summed E-state index contributed by atoms with van der Waals surface area (Å²) in [5, 5.41) is 3.46. The molecule has 0 spiro atoms. The summed E-state index contributed by atoms with van der Waals surface area (Å²) in [5.74, 6) is 0. The lowest BCUT2D eigenvalue weighted by Crippen LogP contribution is -2.26. The van der Waals surface area contributed by atoms with Crippen molar-refractivity contribution >= 4 is 5.69 Å². The lowest BCUT2D eigenvalue weighted by Gasteiger charge is -2.22. The van der Waals surface area contributed by atoms with Crippen LogP contribution in [0.2, 0.25) is 0 Å². The normalized spacial score (nSPS) is 24.2. The van der Waals surface area contributed by atoms with Gasteiger partial charge in [0.2, 0.25) is 0 Å². The summed E-state index contributed by atoms with van der Waals surface area (Å²) in [4.78, 5) is 3.19. The number of nitrogens with one attached hydrogen (secondary N) is 2. The van der Waals surface area contributed by atoms with E-state index in [-0.39, 0.29) is 0 Å². The van der Waals surface area contributed by atoms with E-state index in [0.29, 0.717) is 6.04 Å². The summed E-state index contributed by atoms with van der Waals surface area (Å²) in [6.45, 7) is 1.13. The molecule has 4 N–H and O–H groups in total. The third-order valence-electron chi connectivity index (χ3n) is 2.41. The quantitative estimate of drug-likeness (QED) is 0.589. The largest absolute Gasteiger partial charge is 0.397 e. The Morgan fingerprint density at radius 2 is 2.33 bits per heavy atom. The summed E-state index contributed by atoms with van der Waals surface area (Å²) in [6, 6.07) is 2.51. The van der Waals surface area contributed by atoms with Crippen LogP contribution in [0.1, 0.15) is 31.0 Å². The summed E-state index contributed by atoms with van der Waals surface area (Å²) in [6.07, 6.45) is 5.69. The van der Waals surface area contributed by atoms with E-state index in [0.717, 1.165) is 12.2 Å². The number of nitrogen functional groups attached to an aromatic ring is 1. The summed E-state index contributed by atoms with van der Waals surface area (Å²) < 4.78 is 0. The van der Waals surface area contributed by atoms with Gasteiger partial charge in [0.25, 0.3) is 0 Å². The molecule has 1 atom stereocenters. The Kier molecular flexibility index (Phi) is 2.04. The SMILES string of the molecule is Nc1c[nH]c([C@H]2CCCCN2)c1. The first-order chi connectivity index (χ1) is 5.86. The third kappa shape index (κ3) is 1.46. The monoisotopic (exact) mass is 165 g/mol. The highest BCUT2D eigenvalue weighted by Gasteiger charge is 2.15. The number of H-pyrrole nitrogens is 1. The van der Waals surface area contributed by atoms with Crippen LogP contribution >= 0.6 is 0 Å². The minimum absolute atomic E-state index is 0.496.